The van der Waals surface area contributed by atoms with Crippen molar-refractivity contribution in [1.29, 1.82) is 0 Å². The van der Waals surface area contributed by atoms with Gasteiger partial charge in [-0.3, -0.25) is 9.79 Å². The summed E-state index contributed by atoms with van der Waals surface area (Å²) in [4.78, 5) is 23.4. The molecule has 162 valence electrons. The van der Waals surface area contributed by atoms with E-state index in [2.05, 4.69) is 27.2 Å². The van der Waals surface area contributed by atoms with Crippen LogP contribution in [-0.4, -0.2) is 79.9 Å². The third kappa shape index (κ3) is 7.29. The summed E-state index contributed by atoms with van der Waals surface area (Å²) in [7, 11) is 3.99. The van der Waals surface area contributed by atoms with Gasteiger partial charge in [0.2, 0.25) is 5.91 Å². The number of rotatable bonds is 5. The standard InChI is InChI=1S/C21H32ClN5O.HI/c1-23-21(24-10-7-17-8-11-25(2)12-9-17)27-14-13-26(20(28)16-27)15-18-3-5-19(22)6-4-18;/h3-6,17H,7-16H2,1-2H3,(H,23,24);1H. The number of hydrogen-bond donors (Lipinski definition) is 1. The summed E-state index contributed by atoms with van der Waals surface area (Å²) in [5.74, 6) is 1.77. The minimum Gasteiger partial charge on any atom is -0.356 e. The number of carbonyl (C=O) groups is 1. The first-order chi connectivity index (χ1) is 13.5. The Morgan fingerprint density at radius 2 is 1.86 bits per heavy atom. The van der Waals surface area contributed by atoms with Crippen LogP contribution in [0.1, 0.15) is 24.8 Å². The van der Waals surface area contributed by atoms with E-state index in [0.29, 0.717) is 19.6 Å². The minimum atomic E-state index is 0. The molecule has 2 aliphatic heterocycles. The molecular formula is C21H33ClIN5O. The fourth-order valence-electron chi connectivity index (χ4n) is 3.94. The number of nitrogens with one attached hydrogen (secondary N) is 1. The highest BCUT2D eigenvalue weighted by atomic mass is 127. The first-order valence-corrected chi connectivity index (χ1v) is 10.6. The molecule has 0 atom stereocenters. The number of hydrogen-bond acceptors (Lipinski definition) is 3. The summed E-state index contributed by atoms with van der Waals surface area (Å²) in [6, 6.07) is 7.69. The topological polar surface area (TPSA) is 51.2 Å². The highest BCUT2D eigenvalue weighted by Gasteiger charge is 2.26. The molecule has 6 nitrogen and oxygen atoms in total. The second-order valence-electron chi connectivity index (χ2n) is 7.87. The van der Waals surface area contributed by atoms with Gasteiger partial charge in [0.05, 0.1) is 6.54 Å². The van der Waals surface area contributed by atoms with Gasteiger partial charge in [0.1, 0.15) is 0 Å². The summed E-state index contributed by atoms with van der Waals surface area (Å²) in [6.45, 7) is 5.82. The fourth-order valence-corrected chi connectivity index (χ4v) is 4.06. The van der Waals surface area contributed by atoms with Gasteiger partial charge >= 0.3 is 0 Å². The van der Waals surface area contributed by atoms with Crippen molar-refractivity contribution >= 4 is 47.4 Å². The SMILES string of the molecule is CN=C(NCCC1CCN(C)CC1)N1CCN(Cc2ccc(Cl)cc2)C(=O)C1.I. The Kier molecular flexibility index (Phi) is 9.98. The summed E-state index contributed by atoms with van der Waals surface area (Å²) >= 11 is 5.94. The molecule has 8 heteroatoms. The number of halogens is 2. The van der Waals surface area contributed by atoms with Crippen LogP contribution in [0.5, 0.6) is 0 Å². The molecule has 0 radical (unpaired) electrons. The van der Waals surface area contributed by atoms with Crippen LogP contribution >= 0.6 is 35.6 Å². The predicted octanol–water partition coefficient (Wildman–Crippen LogP) is 2.91. The number of nitrogens with zero attached hydrogens (tertiary/aromatic N) is 4. The Balaban J connectivity index is 0.00000300. The van der Waals surface area contributed by atoms with Crippen LogP contribution in [-0.2, 0) is 11.3 Å². The van der Waals surface area contributed by atoms with Crippen LogP contribution in [0.2, 0.25) is 5.02 Å². The van der Waals surface area contributed by atoms with Crippen molar-refractivity contribution in [2.24, 2.45) is 10.9 Å². The predicted molar refractivity (Wildman–Crippen MR) is 130 cm³/mol. The number of likely N-dealkylation sites (tertiary alicyclic amines) is 1. The molecule has 0 bridgehead atoms. The molecule has 0 aliphatic carbocycles. The zero-order valence-electron chi connectivity index (χ0n) is 17.4. The number of piperazine rings is 1. The first-order valence-electron chi connectivity index (χ1n) is 10.2. The lowest BCUT2D eigenvalue weighted by Gasteiger charge is -2.36. The molecule has 2 aliphatic rings. The molecule has 2 fully saturated rings. The molecule has 2 saturated heterocycles. The number of benzene rings is 1. The first kappa shape index (κ1) is 24.2. The van der Waals surface area contributed by atoms with E-state index in [1.807, 2.05) is 29.2 Å². The Labute approximate surface area is 196 Å². The molecule has 1 aromatic rings. The van der Waals surface area contributed by atoms with E-state index in [1.165, 1.54) is 25.9 Å². The Hall–Kier alpha value is -1.06. The molecule has 29 heavy (non-hydrogen) atoms. The maximum absolute atomic E-state index is 12.6. The van der Waals surface area contributed by atoms with E-state index in [0.717, 1.165) is 42.0 Å². The van der Waals surface area contributed by atoms with Gasteiger partial charge < -0.3 is 20.0 Å². The molecule has 0 aromatic heterocycles. The maximum atomic E-state index is 12.6. The van der Waals surface area contributed by atoms with Gasteiger partial charge in [-0.15, -0.1) is 24.0 Å². The third-order valence-corrected chi connectivity index (χ3v) is 6.04. The van der Waals surface area contributed by atoms with E-state index in [1.54, 1.807) is 7.05 Å². The molecule has 0 unspecified atom stereocenters. The summed E-state index contributed by atoms with van der Waals surface area (Å²) < 4.78 is 0. The van der Waals surface area contributed by atoms with Gasteiger partial charge in [0.15, 0.2) is 5.96 Å². The van der Waals surface area contributed by atoms with Crippen molar-refractivity contribution < 1.29 is 4.79 Å². The maximum Gasteiger partial charge on any atom is 0.242 e. The van der Waals surface area contributed by atoms with Crippen molar-refractivity contribution in [3.63, 3.8) is 0 Å². The molecule has 0 spiro atoms. The normalized spacial score (nSPS) is 19.3. The lowest BCUT2D eigenvalue weighted by molar-refractivity contribution is -0.135. The number of guanidine groups is 1. The van der Waals surface area contributed by atoms with Crippen LogP contribution in [0.4, 0.5) is 0 Å². The van der Waals surface area contributed by atoms with E-state index in [-0.39, 0.29) is 29.9 Å². The molecule has 3 rings (SSSR count). The smallest absolute Gasteiger partial charge is 0.242 e. The zero-order chi connectivity index (χ0) is 19.9. The summed E-state index contributed by atoms with van der Waals surface area (Å²) in [5, 5.41) is 4.18. The fraction of sp³-hybridized carbons (Fsp3) is 0.619. The zero-order valence-corrected chi connectivity index (χ0v) is 20.5. The van der Waals surface area contributed by atoms with Crippen LogP contribution in [0.25, 0.3) is 0 Å². The van der Waals surface area contributed by atoms with Crippen molar-refractivity contribution in [3.05, 3.63) is 34.9 Å². The van der Waals surface area contributed by atoms with E-state index >= 15 is 0 Å². The van der Waals surface area contributed by atoms with E-state index < -0.39 is 0 Å². The van der Waals surface area contributed by atoms with Gasteiger partial charge in [-0.1, -0.05) is 23.7 Å². The van der Waals surface area contributed by atoms with Crippen LogP contribution < -0.4 is 5.32 Å². The second kappa shape index (κ2) is 12.0. The molecule has 1 N–H and O–H groups in total. The van der Waals surface area contributed by atoms with Crippen LogP contribution in [0.3, 0.4) is 0 Å². The summed E-state index contributed by atoms with van der Waals surface area (Å²) in [6.07, 6.45) is 3.72. The number of aliphatic imine (C=N–C) groups is 1. The quantitative estimate of drug-likeness (QED) is 0.359. The van der Waals surface area contributed by atoms with Gasteiger partial charge in [0, 0.05) is 38.2 Å². The molecule has 0 saturated carbocycles. The Morgan fingerprint density at radius 1 is 1.17 bits per heavy atom. The van der Waals surface area contributed by atoms with Crippen molar-refractivity contribution in [2.75, 3.05) is 53.4 Å². The van der Waals surface area contributed by atoms with E-state index in [9.17, 15) is 4.79 Å². The lowest BCUT2D eigenvalue weighted by atomic mass is 9.94. The summed E-state index contributed by atoms with van der Waals surface area (Å²) in [5.41, 5.74) is 1.10. The largest absolute Gasteiger partial charge is 0.356 e. The molecule has 1 aromatic carbocycles. The minimum absolute atomic E-state index is 0. The average Bonchev–Trinajstić information content (AvgIpc) is 2.70. The van der Waals surface area contributed by atoms with Crippen LogP contribution in [0, 0.1) is 5.92 Å². The highest BCUT2D eigenvalue weighted by molar-refractivity contribution is 14.0. The Morgan fingerprint density at radius 3 is 2.48 bits per heavy atom. The van der Waals surface area contributed by atoms with Gasteiger partial charge in [-0.05, 0) is 63.0 Å². The third-order valence-electron chi connectivity index (χ3n) is 5.79. The molecule has 2 heterocycles. The molecular weight excluding hydrogens is 501 g/mol. The number of piperidine rings is 1. The van der Waals surface area contributed by atoms with Crippen molar-refractivity contribution in [1.82, 2.24) is 20.0 Å². The Bertz CT molecular complexity index is 676. The van der Waals surface area contributed by atoms with Crippen molar-refractivity contribution in [3.8, 4) is 0 Å². The van der Waals surface area contributed by atoms with Gasteiger partial charge in [-0.25, -0.2) is 0 Å². The monoisotopic (exact) mass is 533 g/mol. The highest BCUT2D eigenvalue weighted by Crippen LogP contribution is 2.19. The number of carbonyl (C=O) groups excluding carboxylic acids is 1. The second-order valence-corrected chi connectivity index (χ2v) is 8.31. The lowest BCUT2D eigenvalue weighted by Crippen LogP contribution is -2.55. The molecule has 1 amide bonds. The van der Waals surface area contributed by atoms with Gasteiger partial charge in [-0.2, -0.15) is 0 Å². The van der Waals surface area contributed by atoms with Gasteiger partial charge in [0.25, 0.3) is 0 Å². The van der Waals surface area contributed by atoms with E-state index in [4.69, 9.17) is 11.6 Å². The average molecular weight is 534 g/mol. The number of amides is 1. The van der Waals surface area contributed by atoms with Crippen LogP contribution in [0.15, 0.2) is 29.3 Å². The van der Waals surface area contributed by atoms with Crippen molar-refractivity contribution in [2.45, 2.75) is 25.8 Å².